The Bertz CT molecular complexity index is 879. The van der Waals surface area contributed by atoms with Crippen molar-refractivity contribution in [2.75, 3.05) is 11.1 Å². The molecule has 3 rings (SSSR count). The van der Waals surface area contributed by atoms with Crippen molar-refractivity contribution in [2.45, 2.75) is 25.8 Å². The van der Waals surface area contributed by atoms with Gasteiger partial charge in [-0.25, -0.2) is 0 Å². The Balaban J connectivity index is 1.79. The molecule has 0 aliphatic carbocycles. The fourth-order valence-electron chi connectivity index (χ4n) is 2.76. The van der Waals surface area contributed by atoms with Gasteiger partial charge in [-0.3, -0.25) is 19.6 Å². The van der Waals surface area contributed by atoms with Crippen LogP contribution in [0.5, 0.6) is 0 Å². The van der Waals surface area contributed by atoms with Crippen LogP contribution in [0.4, 0.5) is 5.69 Å². The van der Waals surface area contributed by atoms with Gasteiger partial charge in [0.1, 0.15) is 5.69 Å². The number of benzene rings is 1. The van der Waals surface area contributed by atoms with Crippen LogP contribution in [0.1, 0.15) is 46.7 Å². The van der Waals surface area contributed by atoms with Gasteiger partial charge < -0.3 is 11.1 Å². The van der Waals surface area contributed by atoms with Crippen LogP contribution in [-0.4, -0.2) is 27.6 Å². The maximum atomic E-state index is 12.4. The third-order valence-electron chi connectivity index (χ3n) is 4.34. The lowest BCUT2D eigenvalue weighted by molar-refractivity contribution is 0.100. The smallest absolute Gasteiger partial charge is 0.274 e. The van der Waals surface area contributed by atoms with Crippen molar-refractivity contribution in [3.8, 4) is 0 Å². The summed E-state index contributed by atoms with van der Waals surface area (Å²) in [5, 5.41) is 3.43. The molecule has 0 bridgehead atoms. The molecule has 3 N–H and O–H groups in total. The van der Waals surface area contributed by atoms with Crippen LogP contribution in [0, 0.1) is 0 Å². The molecule has 0 spiro atoms. The highest BCUT2D eigenvalue weighted by atomic mass is 32.2. The average Bonchev–Trinajstić information content (AvgIpc) is 2.62. The monoisotopic (exact) mass is 368 g/mol. The van der Waals surface area contributed by atoms with Gasteiger partial charge in [0.15, 0.2) is 11.0 Å². The van der Waals surface area contributed by atoms with Crippen LogP contribution in [0.3, 0.4) is 0 Å². The number of anilines is 1. The summed E-state index contributed by atoms with van der Waals surface area (Å²) in [6.07, 6.45) is 2.29. The minimum absolute atomic E-state index is 0.0872. The van der Waals surface area contributed by atoms with Crippen molar-refractivity contribution in [1.82, 2.24) is 4.98 Å². The minimum atomic E-state index is -0.391. The lowest BCUT2D eigenvalue weighted by atomic mass is 9.89. The summed E-state index contributed by atoms with van der Waals surface area (Å²) >= 11 is 1.56. The van der Waals surface area contributed by atoms with E-state index >= 15 is 0 Å². The number of thioether (sulfide) groups is 1. The molecule has 2 heterocycles. The molecule has 1 atom stereocenters. The molecular weight excluding hydrogens is 348 g/mol. The Kier molecular flexibility index (Phi) is 5.08. The molecule has 1 aliphatic rings. The summed E-state index contributed by atoms with van der Waals surface area (Å²) in [5.41, 5.74) is 7.89. The summed E-state index contributed by atoms with van der Waals surface area (Å²) in [6, 6.07) is 10.7. The summed E-state index contributed by atoms with van der Waals surface area (Å²) < 4.78 is 0. The molecule has 134 valence electrons. The van der Waals surface area contributed by atoms with Gasteiger partial charge in [0.2, 0.25) is 0 Å². The number of Topliss-reactive ketones (excluding diaryl/α,β-unsaturated/α-hetero) is 1. The highest BCUT2D eigenvalue weighted by molar-refractivity contribution is 8.13. The van der Waals surface area contributed by atoms with Crippen molar-refractivity contribution >= 4 is 34.3 Å². The first-order valence-corrected chi connectivity index (χ1v) is 9.23. The molecule has 6 nitrogen and oxygen atoms in total. The zero-order valence-corrected chi connectivity index (χ0v) is 15.5. The summed E-state index contributed by atoms with van der Waals surface area (Å²) in [7, 11) is 0. The normalized spacial score (nSPS) is 19.5. The molecule has 2 aromatic rings. The molecule has 0 saturated carbocycles. The number of aliphatic imine (C=N–C) groups is 1. The lowest BCUT2D eigenvalue weighted by Gasteiger charge is -2.30. The molecule has 0 radical (unpaired) electrons. The zero-order valence-electron chi connectivity index (χ0n) is 14.7. The van der Waals surface area contributed by atoms with E-state index in [1.807, 2.05) is 31.2 Å². The highest BCUT2D eigenvalue weighted by Gasteiger charge is 2.29. The standard InChI is InChI=1S/C19H20N4O2S/c1-12(24)13-6-7-16(21-11-13)17(25)22-15-5-3-4-14(10-15)19(2)8-9-26-18(20)23-19/h3-7,10-11H,8-9H2,1-2H3,(H2,20,23)(H,22,25). The van der Waals surface area contributed by atoms with E-state index in [-0.39, 0.29) is 17.4 Å². The van der Waals surface area contributed by atoms with Crippen LogP contribution in [0.2, 0.25) is 0 Å². The Labute approximate surface area is 156 Å². The predicted octanol–water partition coefficient (Wildman–Crippen LogP) is 3.20. The van der Waals surface area contributed by atoms with Crippen LogP contribution >= 0.6 is 11.8 Å². The number of carbonyl (C=O) groups excluding carboxylic acids is 2. The maximum Gasteiger partial charge on any atom is 0.274 e. The van der Waals surface area contributed by atoms with Gasteiger partial charge in [0.25, 0.3) is 5.91 Å². The van der Waals surface area contributed by atoms with E-state index in [2.05, 4.69) is 15.3 Å². The summed E-state index contributed by atoms with van der Waals surface area (Å²) in [6.45, 7) is 3.50. The van der Waals surface area contributed by atoms with Crippen LogP contribution in [0.15, 0.2) is 47.6 Å². The topological polar surface area (TPSA) is 97.4 Å². The Morgan fingerprint density at radius 3 is 2.73 bits per heavy atom. The van der Waals surface area contributed by atoms with E-state index < -0.39 is 5.54 Å². The molecule has 1 aliphatic heterocycles. The fraction of sp³-hybridized carbons (Fsp3) is 0.263. The van der Waals surface area contributed by atoms with Gasteiger partial charge in [0, 0.05) is 23.2 Å². The van der Waals surface area contributed by atoms with E-state index in [4.69, 9.17) is 5.73 Å². The SMILES string of the molecule is CC(=O)c1ccc(C(=O)Nc2cccc(C3(C)CCSC(N)=N3)c2)nc1. The molecule has 7 heteroatoms. The number of aromatic nitrogens is 1. The molecular formula is C19H20N4O2S. The van der Waals surface area contributed by atoms with Crippen molar-refractivity contribution in [1.29, 1.82) is 0 Å². The first kappa shape index (κ1) is 18.1. The number of carbonyl (C=O) groups is 2. The number of ketones is 1. The third kappa shape index (κ3) is 3.94. The molecule has 1 amide bonds. The van der Waals surface area contributed by atoms with Crippen LogP contribution in [0.25, 0.3) is 0 Å². The summed E-state index contributed by atoms with van der Waals surface area (Å²) in [5.74, 6) is 0.495. The van der Waals surface area contributed by atoms with E-state index in [0.717, 1.165) is 17.7 Å². The van der Waals surface area contributed by atoms with Gasteiger partial charge in [-0.2, -0.15) is 0 Å². The number of hydrogen-bond donors (Lipinski definition) is 2. The molecule has 1 aromatic carbocycles. The van der Waals surface area contributed by atoms with E-state index in [0.29, 0.717) is 16.4 Å². The van der Waals surface area contributed by atoms with Crippen LogP contribution in [-0.2, 0) is 5.54 Å². The number of hydrogen-bond acceptors (Lipinski definition) is 6. The predicted molar refractivity (Wildman–Crippen MR) is 105 cm³/mol. The van der Waals surface area contributed by atoms with Crippen molar-refractivity contribution in [3.63, 3.8) is 0 Å². The molecule has 1 unspecified atom stereocenters. The van der Waals surface area contributed by atoms with Gasteiger partial charge in [-0.1, -0.05) is 23.9 Å². The van der Waals surface area contributed by atoms with Crippen molar-refractivity contribution < 1.29 is 9.59 Å². The van der Waals surface area contributed by atoms with Crippen LogP contribution < -0.4 is 11.1 Å². The van der Waals surface area contributed by atoms with Gasteiger partial charge in [-0.15, -0.1) is 0 Å². The largest absolute Gasteiger partial charge is 0.379 e. The average molecular weight is 368 g/mol. The first-order valence-electron chi connectivity index (χ1n) is 8.24. The Hall–Kier alpha value is -2.67. The Morgan fingerprint density at radius 2 is 2.08 bits per heavy atom. The number of nitrogens with zero attached hydrogens (tertiary/aromatic N) is 2. The molecule has 0 saturated heterocycles. The number of rotatable bonds is 4. The van der Waals surface area contributed by atoms with Gasteiger partial charge in [-0.05, 0) is 50.1 Å². The van der Waals surface area contributed by atoms with E-state index in [1.54, 1.807) is 23.9 Å². The Morgan fingerprint density at radius 1 is 1.27 bits per heavy atom. The number of nitrogens with two attached hydrogens (primary N) is 1. The minimum Gasteiger partial charge on any atom is -0.379 e. The summed E-state index contributed by atoms with van der Waals surface area (Å²) in [4.78, 5) is 32.3. The molecule has 1 aromatic heterocycles. The third-order valence-corrected chi connectivity index (χ3v) is 5.14. The molecule has 0 fully saturated rings. The first-order chi connectivity index (χ1) is 12.4. The second-order valence-corrected chi connectivity index (χ2v) is 7.46. The molecule has 26 heavy (non-hydrogen) atoms. The number of pyridine rings is 1. The fourth-order valence-corrected chi connectivity index (χ4v) is 3.73. The van der Waals surface area contributed by atoms with Crippen molar-refractivity contribution in [3.05, 3.63) is 59.4 Å². The quantitative estimate of drug-likeness (QED) is 0.808. The lowest BCUT2D eigenvalue weighted by Crippen LogP contribution is -2.28. The van der Waals surface area contributed by atoms with Gasteiger partial charge >= 0.3 is 0 Å². The highest BCUT2D eigenvalue weighted by Crippen LogP contribution is 2.35. The zero-order chi connectivity index (χ0) is 18.7. The maximum absolute atomic E-state index is 12.4. The second kappa shape index (κ2) is 7.29. The second-order valence-electron chi connectivity index (χ2n) is 6.35. The van der Waals surface area contributed by atoms with E-state index in [1.165, 1.54) is 13.1 Å². The number of nitrogens with one attached hydrogen (secondary N) is 1. The van der Waals surface area contributed by atoms with Gasteiger partial charge in [0.05, 0.1) is 5.54 Å². The number of amidine groups is 1. The van der Waals surface area contributed by atoms with E-state index in [9.17, 15) is 9.59 Å². The number of amides is 1. The van der Waals surface area contributed by atoms with Crippen molar-refractivity contribution in [2.24, 2.45) is 10.7 Å².